The van der Waals surface area contributed by atoms with Crippen LogP contribution in [-0.2, 0) is 0 Å². The summed E-state index contributed by atoms with van der Waals surface area (Å²) in [6.07, 6.45) is -3.07. The van der Waals surface area contributed by atoms with Crippen molar-refractivity contribution >= 4 is 5.69 Å². The number of rotatable bonds is 3. The van der Waals surface area contributed by atoms with Gasteiger partial charge in [0.1, 0.15) is 11.8 Å². The van der Waals surface area contributed by atoms with Crippen LogP contribution >= 0.6 is 0 Å². The van der Waals surface area contributed by atoms with Crippen molar-refractivity contribution in [1.29, 1.82) is 5.26 Å². The normalized spacial score (nSPS) is 13.9. The first-order chi connectivity index (χ1) is 7.47. The molecule has 0 spiro atoms. The van der Waals surface area contributed by atoms with Gasteiger partial charge in [0.15, 0.2) is 6.10 Å². The Labute approximate surface area is 90.7 Å². The van der Waals surface area contributed by atoms with Crippen LogP contribution in [0.5, 0.6) is 0 Å². The summed E-state index contributed by atoms with van der Waals surface area (Å²) >= 11 is 0. The molecule has 2 unspecified atom stereocenters. The first-order valence-corrected chi connectivity index (χ1v) is 4.35. The first kappa shape index (κ1) is 12.0. The molecule has 84 valence electrons. The summed E-state index contributed by atoms with van der Waals surface area (Å²) in [5.41, 5.74) is -0.0359. The zero-order valence-corrected chi connectivity index (χ0v) is 8.36. The minimum Gasteiger partial charge on any atom is -0.383 e. The maximum absolute atomic E-state index is 10.5. The summed E-state index contributed by atoms with van der Waals surface area (Å²) in [4.78, 5) is 13.7. The number of hydrogen-bond donors (Lipinski definition) is 2. The Hall–Kier alpha value is -2.04. The van der Waals surface area contributed by atoms with E-state index in [2.05, 4.69) is 4.98 Å². The molecule has 0 fully saturated rings. The average molecular weight is 223 g/mol. The zero-order chi connectivity index (χ0) is 12.3. The molecule has 7 nitrogen and oxygen atoms in total. The van der Waals surface area contributed by atoms with Crippen LogP contribution in [0.15, 0.2) is 12.1 Å². The molecule has 0 aliphatic heterocycles. The average Bonchev–Trinajstić information content (AvgIpc) is 2.26. The summed E-state index contributed by atoms with van der Waals surface area (Å²) in [7, 11) is 0. The van der Waals surface area contributed by atoms with Crippen LogP contribution in [0, 0.1) is 28.4 Å². The zero-order valence-electron chi connectivity index (χ0n) is 8.36. The molecule has 16 heavy (non-hydrogen) atoms. The van der Waals surface area contributed by atoms with E-state index >= 15 is 0 Å². The molecule has 2 N–H and O–H groups in total. The molecule has 1 heterocycles. The van der Waals surface area contributed by atoms with Crippen molar-refractivity contribution in [2.75, 3.05) is 0 Å². The number of pyridine rings is 1. The number of hydrogen-bond acceptors (Lipinski definition) is 6. The smallest absolute Gasteiger partial charge is 0.290 e. The monoisotopic (exact) mass is 223 g/mol. The number of aliphatic hydroxyl groups excluding tert-OH is 2. The minimum atomic E-state index is -1.60. The third-order valence-electron chi connectivity index (χ3n) is 2.01. The third-order valence-corrected chi connectivity index (χ3v) is 2.01. The molecule has 0 bridgehead atoms. The second kappa shape index (κ2) is 4.65. The second-order valence-electron chi connectivity index (χ2n) is 3.12. The number of aliphatic hydroxyl groups is 2. The highest BCUT2D eigenvalue weighted by molar-refractivity contribution is 5.35. The van der Waals surface area contributed by atoms with Crippen molar-refractivity contribution in [3.05, 3.63) is 33.6 Å². The molecule has 0 aliphatic carbocycles. The lowest BCUT2D eigenvalue weighted by atomic mass is 10.1. The molecule has 7 heteroatoms. The highest BCUT2D eigenvalue weighted by Gasteiger charge is 2.21. The van der Waals surface area contributed by atoms with Crippen molar-refractivity contribution in [3.8, 4) is 6.07 Å². The van der Waals surface area contributed by atoms with Gasteiger partial charge in [-0.3, -0.25) is 10.1 Å². The fourth-order valence-electron chi connectivity index (χ4n) is 1.16. The van der Waals surface area contributed by atoms with Gasteiger partial charge in [0.2, 0.25) is 0 Å². The van der Waals surface area contributed by atoms with Crippen LogP contribution in [0.4, 0.5) is 5.69 Å². The number of nitrogens with zero attached hydrogens (tertiary/aromatic N) is 3. The van der Waals surface area contributed by atoms with Crippen LogP contribution in [-0.4, -0.2) is 26.2 Å². The highest BCUT2D eigenvalue weighted by atomic mass is 16.6. The fourth-order valence-corrected chi connectivity index (χ4v) is 1.16. The molecule has 2 atom stereocenters. The van der Waals surface area contributed by atoms with Gasteiger partial charge in [0.25, 0.3) is 5.69 Å². The summed E-state index contributed by atoms with van der Waals surface area (Å²) in [6.45, 7) is 1.41. The maximum atomic E-state index is 10.5. The van der Waals surface area contributed by atoms with E-state index in [0.29, 0.717) is 0 Å². The molecule has 0 aromatic carbocycles. The molecular formula is C9H9N3O4. The van der Waals surface area contributed by atoms with Crippen molar-refractivity contribution in [2.45, 2.75) is 19.1 Å². The molecule has 1 aromatic heterocycles. The Kier molecular flexibility index (Phi) is 3.50. The highest BCUT2D eigenvalue weighted by Crippen LogP contribution is 2.20. The number of aryl methyl sites for hydroxylation is 1. The van der Waals surface area contributed by atoms with E-state index in [0.717, 1.165) is 0 Å². The lowest BCUT2D eigenvalue weighted by Crippen LogP contribution is -2.17. The lowest BCUT2D eigenvalue weighted by Gasteiger charge is -2.11. The Bertz CT molecular complexity index is 455. The van der Waals surface area contributed by atoms with Gasteiger partial charge in [-0.2, -0.15) is 5.26 Å². The molecule has 0 saturated carbocycles. The molecular weight excluding hydrogens is 214 g/mol. The van der Waals surface area contributed by atoms with Crippen molar-refractivity contribution in [2.24, 2.45) is 0 Å². The van der Waals surface area contributed by atoms with E-state index in [4.69, 9.17) is 10.4 Å². The quantitative estimate of drug-likeness (QED) is 0.429. The second-order valence-corrected chi connectivity index (χ2v) is 3.12. The summed E-state index contributed by atoms with van der Waals surface area (Å²) in [5.74, 6) is 0. The molecule has 0 aliphatic rings. The van der Waals surface area contributed by atoms with Gasteiger partial charge >= 0.3 is 0 Å². The van der Waals surface area contributed by atoms with Gasteiger partial charge in [-0.25, -0.2) is 4.98 Å². The molecule has 0 amide bonds. The third kappa shape index (κ3) is 2.31. The van der Waals surface area contributed by atoms with Crippen molar-refractivity contribution in [1.82, 2.24) is 4.98 Å². The van der Waals surface area contributed by atoms with Crippen LogP contribution in [0.3, 0.4) is 0 Å². The van der Waals surface area contributed by atoms with Gasteiger partial charge in [0, 0.05) is 6.07 Å². The van der Waals surface area contributed by atoms with E-state index in [9.17, 15) is 15.2 Å². The summed E-state index contributed by atoms with van der Waals surface area (Å²) in [6, 6.07) is 3.83. The first-order valence-electron chi connectivity index (χ1n) is 4.35. The SMILES string of the molecule is Cc1nc(C(O)C(O)C#N)ccc1[N+](=O)[O-]. The van der Waals surface area contributed by atoms with E-state index < -0.39 is 17.1 Å². The summed E-state index contributed by atoms with van der Waals surface area (Å²) < 4.78 is 0. The Balaban J connectivity index is 3.07. The number of nitriles is 1. The lowest BCUT2D eigenvalue weighted by molar-refractivity contribution is -0.385. The Morgan fingerprint density at radius 3 is 2.62 bits per heavy atom. The van der Waals surface area contributed by atoms with Crippen molar-refractivity contribution in [3.63, 3.8) is 0 Å². The number of aromatic nitrogens is 1. The molecule has 0 saturated heterocycles. The van der Waals surface area contributed by atoms with Gasteiger partial charge in [0.05, 0.1) is 16.7 Å². The van der Waals surface area contributed by atoms with E-state index in [-0.39, 0.29) is 17.1 Å². The predicted octanol–water partition coefficient (Wildman–Crippen LogP) is 0.216. The largest absolute Gasteiger partial charge is 0.383 e. The molecule has 1 rings (SSSR count). The number of nitro groups is 1. The van der Waals surface area contributed by atoms with Gasteiger partial charge in [-0.05, 0) is 13.0 Å². The van der Waals surface area contributed by atoms with E-state index in [1.165, 1.54) is 25.1 Å². The molecule has 0 radical (unpaired) electrons. The fraction of sp³-hybridized carbons (Fsp3) is 0.333. The maximum Gasteiger partial charge on any atom is 0.290 e. The molecule has 1 aromatic rings. The predicted molar refractivity (Wildman–Crippen MR) is 52.2 cm³/mol. The van der Waals surface area contributed by atoms with E-state index in [1.807, 2.05) is 0 Å². The van der Waals surface area contributed by atoms with Crippen molar-refractivity contribution < 1.29 is 15.1 Å². The van der Waals surface area contributed by atoms with Crippen LogP contribution in [0.2, 0.25) is 0 Å². The van der Waals surface area contributed by atoms with Gasteiger partial charge in [-0.15, -0.1) is 0 Å². The Morgan fingerprint density at radius 1 is 1.56 bits per heavy atom. The topological polar surface area (TPSA) is 120 Å². The minimum absolute atomic E-state index is 0.0251. The van der Waals surface area contributed by atoms with E-state index in [1.54, 1.807) is 0 Å². The standard InChI is InChI=1S/C9H9N3O4/c1-5-7(12(15)16)3-2-6(11-5)9(14)8(13)4-10/h2-3,8-9,13-14H,1H3. The van der Waals surface area contributed by atoms with Crippen LogP contribution < -0.4 is 0 Å². The van der Waals surface area contributed by atoms with Crippen LogP contribution in [0.1, 0.15) is 17.5 Å². The van der Waals surface area contributed by atoms with Gasteiger partial charge in [-0.1, -0.05) is 0 Å². The summed E-state index contributed by atoms with van der Waals surface area (Å²) in [5, 5.41) is 37.4. The Morgan fingerprint density at radius 2 is 2.19 bits per heavy atom. The van der Waals surface area contributed by atoms with Gasteiger partial charge < -0.3 is 10.2 Å². The van der Waals surface area contributed by atoms with Crippen LogP contribution in [0.25, 0.3) is 0 Å².